The molecule has 0 bridgehead atoms. The minimum Gasteiger partial charge on any atom is -0.323 e. The monoisotopic (exact) mass is 333 g/mol. The van der Waals surface area contributed by atoms with E-state index in [9.17, 15) is 4.79 Å². The van der Waals surface area contributed by atoms with Crippen LogP contribution in [-0.2, 0) is 10.2 Å². The van der Waals surface area contributed by atoms with Gasteiger partial charge in [0.25, 0.3) is 0 Å². The van der Waals surface area contributed by atoms with E-state index in [1.807, 2.05) is 30.3 Å². The number of nitrogens with one attached hydrogen (secondary N) is 1. The van der Waals surface area contributed by atoms with Crippen LogP contribution in [0, 0.1) is 0 Å². The zero-order valence-corrected chi connectivity index (χ0v) is 13.6. The first-order valence-corrected chi connectivity index (χ1v) is 8.20. The molecule has 4 heteroatoms. The molecular formula is C18H17Cl2NO. The molecule has 0 aliphatic heterocycles. The van der Waals surface area contributed by atoms with E-state index in [0.717, 1.165) is 31.2 Å². The lowest BCUT2D eigenvalue weighted by Crippen LogP contribution is -2.38. The average molecular weight is 334 g/mol. The Morgan fingerprint density at radius 1 is 0.909 bits per heavy atom. The molecule has 0 unspecified atom stereocenters. The maximum Gasteiger partial charge on any atom is 0.235 e. The summed E-state index contributed by atoms with van der Waals surface area (Å²) in [6, 6.07) is 15.2. The minimum atomic E-state index is -0.482. The Hall–Kier alpha value is -1.51. The van der Waals surface area contributed by atoms with E-state index < -0.39 is 5.41 Å². The SMILES string of the molecule is O=C(Nc1c(Cl)cccc1Cl)C1(c2ccccc2)CCCC1. The Morgan fingerprint density at radius 2 is 1.50 bits per heavy atom. The molecular weight excluding hydrogens is 317 g/mol. The third-order valence-corrected chi connectivity index (χ3v) is 5.05. The molecule has 22 heavy (non-hydrogen) atoms. The molecule has 1 aliphatic carbocycles. The lowest BCUT2D eigenvalue weighted by atomic mass is 9.78. The van der Waals surface area contributed by atoms with Crippen LogP contribution in [0.25, 0.3) is 0 Å². The zero-order valence-electron chi connectivity index (χ0n) is 12.1. The van der Waals surface area contributed by atoms with Crippen molar-refractivity contribution in [2.45, 2.75) is 31.1 Å². The van der Waals surface area contributed by atoms with Gasteiger partial charge in [0, 0.05) is 0 Å². The van der Waals surface area contributed by atoms with Crippen molar-refractivity contribution >= 4 is 34.8 Å². The molecule has 0 radical (unpaired) electrons. The summed E-state index contributed by atoms with van der Waals surface area (Å²) >= 11 is 12.3. The fourth-order valence-electron chi connectivity index (χ4n) is 3.23. The summed E-state index contributed by atoms with van der Waals surface area (Å²) in [5.41, 5.74) is 1.08. The van der Waals surface area contributed by atoms with E-state index in [1.165, 1.54) is 0 Å². The van der Waals surface area contributed by atoms with Crippen LogP contribution in [0.2, 0.25) is 10.0 Å². The average Bonchev–Trinajstić information content (AvgIpc) is 3.03. The summed E-state index contributed by atoms with van der Waals surface area (Å²) in [5, 5.41) is 3.88. The summed E-state index contributed by atoms with van der Waals surface area (Å²) in [6.45, 7) is 0. The van der Waals surface area contributed by atoms with Gasteiger partial charge in [-0.3, -0.25) is 4.79 Å². The smallest absolute Gasteiger partial charge is 0.235 e. The van der Waals surface area contributed by atoms with Crippen molar-refractivity contribution < 1.29 is 4.79 Å². The van der Waals surface area contributed by atoms with Gasteiger partial charge in [-0.15, -0.1) is 0 Å². The number of hydrogen-bond acceptors (Lipinski definition) is 1. The predicted octanol–water partition coefficient (Wildman–Crippen LogP) is 5.44. The first-order valence-electron chi connectivity index (χ1n) is 7.44. The highest BCUT2D eigenvalue weighted by Gasteiger charge is 2.42. The number of anilines is 1. The molecule has 1 N–H and O–H groups in total. The van der Waals surface area contributed by atoms with Crippen molar-refractivity contribution in [3.63, 3.8) is 0 Å². The topological polar surface area (TPSA) is 29.1 Å². The highest BCUT2D eigenvalue weighted by atomic mass is 35.5. The van der Waals surface area contributed by atoms with Gasteiger partial charge in [0.15, 0.2) is 0 Å². The van der Waals surface area contributed by atoms with E-state index in [2.05, 4.69) is 5.32 Å². The standard InChI is InChI=1S/C18H17Cl2NO/c19-14-9-6-10-15(20)16(14)21-17(22)18(11-4-5-12-18)13-7-2-1-3-8-13/h1-3,6-10H,4-5,11-12H2,(H,21,22). The van der Waals surface area contributed by atoms with E-state index in [1.54, 1.807) is 18.2 Å². The van der Waals surface area contributed by atoms with Gasteiger partial charge in [-0.2, -0.15) is 0 Å². The number of carbonyl (C=O) groups is 1. The van der Waals surface area contributed by atoms with E-state index in [-0.39, 0.29) is 5.91 Å². The number of rotatable bonds is 3. The first-order chi connectivity index (χ1) is 10.6. The third kappa shape index (κ3) is 2.73. The second-order valence-corrected chi connectivity index (χ2v) is 6.52. The van der Waals surface area contributed by atoms with Crippen LogP contribution in [0.1, 0.15) is 31.2 Å². The van der Waals surface area contributed by atoms with Crippen LogP contribution in [-0.4, -0.2) is 5.91 Å². The van der Waals surface area contributed by atoms with Gasteiger partial charge in [0.1, 0.15) is 0 Å². The summed E-state index contributed by atoms with van der Waals surface area (Å²) < 4.78 is 0. The lowest BCUT2D eigenvalue weighted by Gasteiger charge is -2.28. The molecule has 0 heterocycles. The van der Waals surface area contributed by atoms with Crippen molar-refractivity contribution in [1.29, 1.82) is 0 Å². The number of para-hydroxylation sites is 1. The number of carbonyl (C=O) groups excluding carboxylic acids is 1. The molecule has 1 amide bonds. The molecule has 1 saturated carbocycles. The Morgan fingerprint density at radius 3 is 2.09 bits per heavy atom. The molecule has 3 rings (SSSR count). The summed E-state index contributed by atoms with van der Waals surface area (Å²) in [4.78, 5) is 13.0. The number of hydrogen-bond donors (Lipinski definition) is 1. The van der Waals surface area contributed by atoms with Crippen molar-refractivity contribution in [2.75, 3.05) is 5.32 Å². The van der Waals surface area contributed by atoms with E-state index in [0.29, 0.717) is 15.7 Å². The second-order valence-electron chi connectivity index (χ2n) is 5.71. The molecule has 0 spiro atoms. The van der Waals surface area contributed by atoms with Gasteiger partial charge in [0.05, 0.1) is 21.1 Å². The molecule has 0 atom stereocenters. The van der Waals surface area contributed by atoms with Crippen molar-refractivity contribution in [1.82, 2.24) is 0 Å². The highest BCUT2D eigenvalue weighted by Crippen LogP contribution is 2.43. The Kier molecular flexibility index (Phi) is 4.42. The Labute approximate surface area is 140 Å². The molecule has 2 aromatic carbocycles. The minimum absolute atomic E-state index is 0.0220. The zero-order chi connectivity index (χ0) is 15.6. The fraction of sp³-hybridized carbons (Fsp3) is 0.278. The Balaban J connectivity index is 1.95. The Bertz CT molecular complexity index is 658. The van der Waals surface area contributed by atoms with E-state index in [4.69, 9.17) is 23.2 Å². The van der Waals surface area contributed by atoms with Crippen LogP contribution in [0.5, 0.6) is 0 Å². The number of amides is 1. The maximum absolute atomic E-state index is 13.0. The largest absolute Gasteiger partial charge is 0.323 e. The third-order valence-electron chi connectivity index (χ3n) is 4.42. The molecule has 2 aromatic rings. The van der Waals surface area contributed by atoms with Crippen LogP contribution in [0.4, 0.5) is 5.69 Å². The normalized spacial score (nSPS) is 16.5. The van der Waals surface area contributed by atoms with Crippen LogP contribution in [0.15, 0.2) is 48.5 Å². The quantitative estimate of drug-likeness (QED) is 0.795. The molecule has 1 aliphatic rings. The van der Waals surface area contributed by atoms with E-state index >= 15 is 0 Å². The molecule has 0 aromatic heterocycles. The summed E-state index contributed by atoms with van der Waals surface area (Å²) in [5.74, 6) is -0.0220. The van der Waals surface area contributed by atoms with Gasteiger partial charge in [0.2, 0.25) is 5.91 Å². The van der Waals surface area contributed by atoms with Gasteiger partial charge >= 0.3 is 0 Å². The highest BCUT2D eigenvalue weighted by molar-refractivity contribution is 6.39. The van der Waals surface area contributed by atoms with Gasteiger partial charge in [-0.25, -0.2) is 0 Å². The molecule has 1 fully saturated rings. The van der Waals surface area contributed by atoms with Crippen LogP contribution < -0.4 is 5.32 Å². The van der Waals surface area contributed by atoms with Crippen LogP contribution in [0.3, 0.4) is 0 Å². The maximum atomic E-state index is 13.0. The number of halogens is 2. The van der Waals surface area contributed by atoms with Crippen molar-refractivity contribution in [3.8, 4) is 0 Å². The summed E-state index contributed by atoms with van der Waals surface area (Å²) in [6.07, 6.45) is 3.81. The predicted molar refractivity (Wildman–Crippen MR) is 91.7 cm³/mol. The first kappa shape index (κ1) is 15.4. The van der Waals surface area contributed by atoms with Crippen molar-refractivity contribution in [3.05, 3.63) is 64.1 Å². The number of benzene rings is 2. The van der Waals surface area contributed by atoms with Gasteiger partial charge in [-0.05, 0) is 30.5 Å². The fourth-order valence-corrected chi connectivity index (χ4v) is 3.72. The van der Waals surface area contributed by atoms with Gasteiger partial charge in [-0.1, -0.05) is 72.4 Å². The molecule has 0 saturated heterocycles. The lowest BCUT2D eigenvalue weighted by molar-refractivity contribution is -0.121. The summed E-state index contributed by atoms with van der Waals surface area (Å²) in [7, 11) is 0. The molecule has 2 nitrogen and oxygen atoms in total. The molecule has 114 valence electrons. The van der Waals surface area contributed by atoms with Crippen LogP contribution >= 0.6 is 23.2 Å². The van der Waals surface area contributed by atoms with Crippen molar-refractivity contribution in [2.24, 2.45) is 0 Å². The second kappa shape index (κ2) is 6.31. The van der Waals surface area contributed by atoms with Gasteiger partial charge < -0.3 is 5.32 Å².